The van der Waals surface area contributed by atoms with E-state index in [1.54, 1.807) is 12.1 Å². The molecule has 1 aromatic rings. The number of nitrogens with one attached hydrogen (secondary N) is 1. The third-order valence-electron chi connectivity index (χ3n) is 1.56. The lowest BCUT2D eigenvalue weighted by molar-refractivity contribution is 0.630. The highest BCUT2D eigenvalue weighted by molar-refractivity contribution is 5.55. The Morgan fingerprint density at radius 1 is 1.50 bits per heavy atom. The monoisotopic (exact) mass is 168 g/mol. The molecule has 0 spiro atoms. The number of rotatable bonds is 3. The van der Waals surface area contributed by atoms with Crippen LogP contribution in [0.25, 0.3) is 0 Å². The molecule has 0 aliphatic rings. The van der Waals surface area contributed by atoms with E-state index in [0.717, 1.165) is 13.0 Å². The molecule has 0 atom stereocenters. The Bertz CT molecular complexity index is 261. The second-order valence-electron chi connectivity index (χ2n) is 2.67. The van der Waals surface area contributed by atoms with Crippen LogP contribution in [-0.2, 0) is 0 Å². The van der Waals surface area contributed by atoms with Gasteiger partial charge in [0.1, 0.15) is 5.82 Å². The van der Waals surface area contributed by atoms with E-state index in [1.165, 1.54) is 6.07 Å². The van der Waals surface area contributed by atoms with Crippen molar-refractivity contribution in [1.82, 2.24) is 0 Å². The topological polar surface area (TPSA) is 38.0 Å². The van der Waals surface area contributed by atoms with Crippen molar-refractivity contribution in [2.75, 3.05) is 17.6 Å². The molecule has 3 heteroatoms. The quantitative estimate of drug-likeness (QED) is 0.679. The maximum absolute atomic E-state index is 13.0. The second-order valence-corrected chi connectivity index (χ2v) is 2.67. The molecule has 2 nitrogen and oxygen atoms in total. The predicted octanol–water partition coefficient (Wildman–Crippen LogP) is 2.23. The summed E-state index contributed by atoms with van der Waals surface area (Å²) in [5.74, 6) is -0.252. The lowest BCUT2D eigenvalue weighted by Gasteiger charge is -2.06. The van der Waals surface area contributed by atoms with Gasteiger partial charge < -0.3 is 11.1 Å². The number of halogens is 1. The van der Waals surface area contributed by atoms with Crippen LogP contribution in [0.5, 0.6) is 0 Å². The van der Waals surface area contributed by atoms with E-state index in [1.807, 2.05) is 6.92 Å². The Balaban J connectivity index is 2.75. The minimum absolute atomic E-state index is 0.252. The Morgan fingerprint density at radius 2 is 2.25 bits per heavy atom. The van der Waals surface area contributed by atoms with Gasteiger partial charge in [-0.15, -0.1) is 0 Å². The van der Waals surface area contributed by atoms with Crippen molar-refractivity contribution in [2.24, 2.45) is 0 Å². The fourth-order valence-corrected chi connectivity index (χ4v) is 0.938. The molecule has 12 heavy (non-hydrogen) atoms. The van der Waals surface area contributed by atoms with Crippen LogP contribution in [0.1, 0.15) is 13.3 Å². The first-order chi connectivity index (χ1) is 5.74. The van der Waals surface area contributed by atoms with Gasteiger partial charge >= 0.3 is 0 Å². The highest BCUT2D eigenvalue weighted by Gasteiger charge is 1.99. The fraction of sp³-hybridized carbons (Fsp3) is 0.333. The summed E-state index contributed by atoms with van der Waals surface area (Å²) < 4.78 is 13.0. The van der Waals surface area contributed by atoms with Crippen LogP contribution in [0.2, 0.25) is 0 Å². The molecule has 1 rings (SSSR count). The van der Waals surface area contributed by atoms with E-state index in [4.69, 9.17) is 5.73 Å². The number of benzene rings is 1. The Hall–Kier alpha value is -1.25. The van der Waals surface area contributed by atoms with Crippen LogP contribution in [0, 0.1) is 5.82 Å². The third kappa shape index (κ3) is 2.12. The van der Waals surface area contributed by atoms with Crippen LogP contribution >= 0.6 is 0 Å². The molecule has 0 saturated carbocycles. The van der Waals surface area contributed by atoms with Crippen molar-refractivity contribution < 1.29 is 4.39 Å². The third-order valence-corrected chi connectivity index (χ3v) is 1.56. The normalized spacial score (nSPS) is 9.83. The van der Waals surface area contributed by atoms with Gasteiger partial charge in [0.15, 0.2) is 0 Å². The van der Waals surface area contributed by atoms with E-state index in [-0.39, 0.29) is 5.82 Å². The molecule has 66 valence electrons. The first-order valence-corrected chi connectivity index (χ1v) is 4.03. The molecule has 0 heterocycles. The zero-order chi connectivity index (χ0) is 8.97. The van der Waals surface area contributed by atoms with E-state index in [9.17, 15) is 4.39 Å². The molecular weight excluding hydrogens is 155 g/mol. The summed E-state index contributed by atoms with van der Waals surface area (Å²) in [6, 6.07) is 4.52. The number of nitrogens with two attached hydrogens (primary N) is 1. The summed E-state index contributed by atoms with van der Waals surface area (Å²) in [6.45, 7) is 2.79. The zero-order valence-corrected chi connectivity index (χ0v) is 7.10. The summed E-state index contributed by atoms with van der Waals surface area (Å²) in [5.41, 5.74) is 6.55. The van der Waals surface area contributed by atoms with Gasteiger partial charge in [-0.1, -0.05) is 6.92 Å². The van der Waals surface area contributed by atoms with Gasteiger partial charge in [-0.05, 0) is 24.6 Å². The van der Waals surface area contributed by atoms with Crippen molar-refractivity contribution in [3.05, 3.63) is 24.0 Å². The number of anilines is 2. The molecule has 0 saturated heterocycles. The molecule has 1 aromatic carbocycles. The maximum atomic E-state index is 13.0. The van der Waals surface area contributed by atoms with Crippen molar-refractivity contribution in [3.63, 3.8) is 0 Å². The molecule has 0 bridgehead atoms. The van der Waals surface area contributed by atoms with Gasteiger partial charge in [0.05, 0.1) is 5.69 Å². The average Bonchev–Trinajstić information content (AvgIpc) is 2.07. The van der Waals surface area contributed by atoms with Crippen LogP contribution in [0.3, 0.4) is 0 Å². The summed E-state index contributed by atoms with van der Waals surface area (Å²) in [4.78, 5) is 0. The van der Waals surface area contributed by atoms with Gasteiger partial charge in [-0.2, -0.15) is 0 Å². The molecular formula is C9H13FN2. The molecule has 0 aliphatic carbocycles. The first-order valence-electron chi connectivity index (χ1n) is 4.03. The Morgan fingerprint density at radius 3 is 2.92 bits per heavy atom. The van der Waals surface area contributed by atoms with E-state index in [0.29, 0.717) is 11.4 Å². The summed E-state index contributed by atoms with van der Waals surface area (Å²) >= 11 is 0. The van der Waals surface area contributed by atoms with E-state index in [2.05, 4.69) is 5.32 Å². The largest absolute Gasteiger partial charge is 0.399 e. The van der Waals surface area contributed by atoms with Crippen LogP contribution in [-0.4, -0.2) is 6.54 Å². The number of hydrogen-bond acceptors (Lipinski definition) is 2. The van der Waals surface area contributed by atoms with Gasteiger partial charge in [0, 0.05) is 12.2 Å². The number of hydrogen-bond donors (Lipinski definition) is 2. The molecule has 0 aliphatic heterocycles. The van der Waals surface area contributed by atoms with Gasteiger partial charge in [0.25, 0.3) is 0 Å². The highest BCUT2D eigenvalue weighted by atomic mass is 19.1. The lowest BCUT2D eigenvalue weighted by Crippen LogP contribution is -2.02. The maximum Gasteiger partial charge on any atom is 0.146 e. The van der Waals surface area contributed by atoms with Gasteiger partial charge in [-0.3, -0.25) is 0 Å². The molecule has 0 radical (unpaired) electrons. The minimum Gasteiger partial charge on any atom is -0.399 e. The summed E-state index contributed by atoms with van der Waals surface area (Å²) in [5, 5.41) is 2.95. The van der Waals surface area contributed by atoms with Gasteiger partial charge in [0.2, 0.25) is 0 Å². The van der Waals surface area contributed by atoms with Crippen molar-refractivity contribution in [1.29, 1.82) is 0 Å². The zero-order valence-electron chi connectivity index (χ0n) is 7.10. The van der Waals surface area contributed by atoms with Crippen molar-refractivity contribution >= 4 is 11.4 Å². The van der Waals surface area contributed by atoms with Crippen LogP contribution < -0.4 is 11.1 Å². The molecule has 0 aromatic heterocycles. The smallest absolute Gasteiger partial charge is 0.146 e. The Kier molecular flexibility index (Phi) is 2.91. The minimum atomic E-state index is -0.252. The standard InChI is InChI=1S/C9H13FN2/c1-2-5-12-9-6-7(11)3-4-8(9)10/h3-4,6,12H,2,5,11H2,1H3. The lowest BCUT2D eigenvalue weighted by atomic mass is 10.2. The molecule has 0 amide bonds. The first kappa shape index (κ1) is 8.84. The van der Waals surface area contributed by atoms with Crippen molar-refractivity contribution in [2.45, 2.75) is 13.3 Å². The average molecular weight is 168 g/mol. The number of nitrogen functional groups attached to an aromatic ring is 1. The highest BCUT2D eigenvalue weighted by Crippen LogP contribution is 2.16. The molecule has 3 N–H and O–H groups in total. The van der Waals surface area contributed by atoms with Gasteiger partial charge in [-0.25, -0.2) is 4.39 Å². The summed E-state index contributed by atoms with van der Waals surface area (Å²) in [6.07, 6.45) is 0.967. The fourth-order valence-electron chi connectivity index (χ4n) is 0.938. The van der Waals surface area contributed by atoms with Crippen LogP contribution in [0.15, 0.2) is 18.2 Å². The second kappa shape index (κ2) is 3.95. The predicted molar refractivity (Wildman–Crippen MR) is 49.6 cm³/mol. The van der Waals surface area contributed by atoms with Crippen LogP contribution in [0.4, 0.5) is 15.8 Å². The molecule has 0 unspecified atom stereocenters. The summed E-state index contributed by atoms with van der Waals surface area (Å²) in [7, 11) is 0. The van der Waals surface area contributed by atoms with Crippen molar-refractivity contribution in [3.8, 4) is 0 Å². The van der Waals surface area contributed by atoms with E-state index >= 15 is 0 Å². The van der Waals surface area contributed by atoms with E-state index < -0.39 is 0 Å². The molecule has 0 fully saturated rings. The SMILES string of the molecule is CCCNc1cc(N)ccc1F. The Labute approximate surface area is 71.6 Å².